The molecule has 0 radical (unpaired) electrons. The third kappa shape index (κ3) is 4.76. The molecule has 0 aliphatic rings. The smallest absolute Gasteiger partial charge is 0.240 e. The first-order valence-corrected chi connectivity index (χ1v) is 8.31. The number of hydrogen-bond donors (Lipinski definition) is 2. The largest absolute Gasteiger partial charge is 0.395 e. The molecule has 0 amide bonds. The van der Waals surface area contributed by atoms with Crippen LogP contribution in [-0.2, 0) is 10.0 Å². The molecule has 0 aromatic heterocycles. The van der Waals surface area contributed by atoms with Crippen molar-refractivity contribution in [1.29, 1.82) is 0 Å². The van der Waals surface area contributed by atoms with Gasteiger partial charge in [0.25, 0.3) is 0 Å². The maximum Gasteiger partial charge on any atom is 0.240 e. The normalized spacial score (nSPS) is 15.1. The van der Waals surface area contributed by atoms with Gasteiger partial charge in [-0.05, 0) is 24.5 Å². The molecule has 0 spiro atoms. The third-order valence-corrected chi connectivity index (χ3v) is 4.85. The van der Waals surface area contributed by atoms with E-state index in [1.54, 1.807) is 18.2 Å². The molecule has 0 aliphatic heterocycles. The van der Waals surface area contributed by atoms with E-state index >= 15 is 0 Å². The van der Waals surface area contributed by atoms with Crippen molar-refractivity contribution < 1.29 is 13.5 Å². The standard InChI is InChI=1S/C13H20ClNO3S/c1-2-11(8-9-14)13(10-16)15-19(17,18)12-6-4-3-5-7-12/h3-7,11,13,15-16H,2,8-10H2,1H3/t11-,13+/m0/s1. The van der Waals surface area contributed by atoms with Gasteiger partial charge >= 0.3 is 0 Å². The van der Waals surface area contributed by atoms with E-state index < -0.39 is 16.1 Å². The second-order valence-electron chi connectivity index (χ2n) is 4.37. The molecule has 0 heterocycles. The van der Waals surface area contributed by atoms with E-state index in [-0.39, 0.29) is 17.4 Å². The van der Waals surface area contributed by atoms with Crippen LogP contribution in [0.15, 0.2) is 35.2 Å². The number of aliphatic hydroxyl groups excluding tert-OH is 1. The Bertz CT molecular complexity index is 464. The quantitative estimate of drug-likeness (QED) is 0.722. The average molecular weight is 306 g/mol. The number of alkyl halides is 1. The van der Waals surface area contributed by atoms with Crippen LogP contribution >= 0.6 is 11.6 Å². The van der Waals surface area contributed by atoms with Gasteiger partial charge in [-0.3, -0.25) is 0 Å². The van der Waals surface area contributed by atoms with Crippen LogP contribution in [0.5, 0.6) is 0 Å². The maximum absolute atomic E-state index is 12.2. The van der Waals surface area contributed by atoms with E-state index in [2.05, 4.69) is 4.72 Å². The molecule has 4 nitrogen and oxygen atoms in total. The summed E-state index contributed by atoms with van der Waals surface area (Å²) in [7, 11) is -3.60. The molecule has 0 unspecified atom stereocenters. The molecule has 0 fully saturated rings. The van der Waals surface area contributed by atoms with E-state index in [0.29, 0.717) is 12.3 Å². The van der Waals surface area contributed by atoms with Gasteiger partial charge in [0.05, 0.1) is 11.5 Å². The van der Waals surface area contributed by atoms with Crippen molar-refractivity contribution in [3.8, 4) is 0 Å². The van der Waals surface area contributed by atoms with Crippen molar-refractivity contribution in [1.82, 2.24) is 4.72 Å². The highest BCUT2D eigenvalue weighted by Crippen LogP contribution is 2.17. The Kier molecular flexibility index (Phi) is 6.79. The second kappa shape index (κ2) is 7.85. The van der Waals surface area contributed by atoms with Crippen LogP contribution in [0.4, 0.5) is 0 Å². The van der Waals surface area contributed by atoms with Crippen LogP contribution in [0.1, 0.15) is 19.8 Å². The van der Waals surface area contributed by atoms with E-state index in [9.17, 15) is 13.5 Å². The minimum atomic E-state index is -3.60. The Morgan fingerprint density at radius 2 is 1.95 bits per heavy atom. The molecule has 1 rings (SSSR count). The van der Waals surface area contributed by atoms with Crippen LogP contribution in [0.25, 0.3) is 0 Å². The predicted molar refractivity (Wildman–Crippen MR) is 76.8 cm³/mol. The Morgan fingerprint density at radius 3 is 2.42 bits per heavy atom. The molecule has 2 atom stereocenters. The van der Waals surface area contributed by atoms with Crippen molar-refractivity contribution in [2.24, 2.45) is 5.92 Å². The molecular formula is C13H20ClNO3S. The lowest BCUT2D eigenvalue weighted by atomic mass is 9.95. The van der Waals surface area contributed by atoms with Crippen molar-refractivity contribution in [2.75, 3.05) is 12.5 Å². The molecule has 0 saturated carbocycles. The zero-order chi connectivity index (χ0) is 14.3. The van der Waals surface area contributed by atoms with Crippen LogP contribution < -0.4 is 4.72 Å². The number of benzene rings is 1. The number of hydrogen-bond acceptors (Lipinski definition) is 3. The van der Waals surface area contributed by atoms with Crippen LogP contribution in [0.2, 0.25) is 0 Å². The van der Waals surface area contributed by atoms with Gasteiger partial charge in [0.15, 0.2) is 0 Å². The molecule has 1 aromatic rings. The minimum Gasteiger partial charge on any atom is -0.395 e. The molecule has 0 saturated heterocycles. The van der Waals surface area contributed by atoms with Gasteiger partial charge in [-0.2, -0.15) is 0 Å². The fourth-order valence-electron chi connectivity index (χ4n) is 1.98. The summed E-state index contributed by atoms with van der Waals surface area (Å²) in [6.07, 6.45) is 1.43. The molecule has 0 aliphatic carbocycles. The van der Waals surface area contributed by atoms with Crippen LogP contribution in [0, 0.1) is 5.92 Å². The summed E-state index contributed by atoms with van der Waals surface area (Å²) in [6.45, 7) is 1.72. The zero-order valence-electron chi connectivity index (χ0n) is 10.9. The second-order valence-corrected chi connectivity index (χ2v) is 6.46. The fourth-order valence-corrected chi connectivity index (χ4v) is 3.58. The first-order chi connectivity index (χ1) is 9.05. The number of nitrogens with one attached hydrogen (secondary N) is 1. The summed E-state index contributed by atoms with van der Waals surface area (Å²) < 4.78 is 26.9. The molecule has 19 heavy (non-hydrogen) atoms. The lowest BCUT2D eigenvalue weighted by Crippen LogP contribution is -2.42. The Balaban J connectivity index is 2.85. The van der Waals surface area contributed by atoms with Gasteiger partial charge in [0, 0.05) is 11.9 Å². The Hall–Kier alpha value is -0.620. The molecule has 108 valence electrons. The summed E-state index contributed by atoms with van der Waals surface area (Å²) in [5.74, 6) is 0.475. The Labute approximate surface area is 119 Å². The van der Waals surface area contributed by atoms with Gasteiger partial charge in [-0.1, -0.05) is 31.5 Å². The summed E-state index contributed by atoms with van der Waals surface area (Å²) in [6, 6.07) is 7.63. The Morgan fingerprint density at radius 1 is 1.32 bits per heavy atom. The first kappa shape index (κ1) is 16.4. The first-order valence-electron chi connectivity index (χ1n) is 6.29. The van der Waals surface area contributed by atoms with Gasteiger partial charge in [-0.15, -0.1) is 11.6 Å². The van der Waals surface area contributed by atoms with E-state index in [1.165, 1.54) is 12.1 Å². The SMILES string of the molecule is CC[C@@H](CCCl)[C@@H](CO)NS(=O)(=O)c1ccccc1. The molecule has 0 bridgehead atoms. The fraction of sp³-hybridized carbons (Fsp3) is 0.538. The van der Waals surface area contributed by atoms with Crippen molar-refractivity contribution in [2.45, 2.75) is 30.7 Å². The molecule has 1 aromatic carbocycles. The van der Waals surface area contributed by atoms with E-state index in [0.717, 1.165) is 6.42 Å². The van der Waals surface area contributed by atoms with Gasteiger partial charge < -0.3 is 5.11 Å². The summed E-state index contributed by atoms with van der Waals surface area (Å²) in [5, 5.41) is 9.39. The van der Waals surface area contributed by atoms with Crippen molar-refractivity contribution in [3.05, 3.63) is 30.3 Å². The van der Waals surface area contributed by atoms with Gasteiger partial charge in [-0.25, -0.2) is 13.1 Å². The summed E-state index contributed by atoms with van der Waals surface area (Å²) in [5.41, 5.74) is 0. The molecular weight excluding hydrogens is 286 g/mol. The summed E-state index contributed by atoms with van der Waals surface area (Å²) in [4.78, 5) is 0.203. The number of sulfonamides is 1. The van der Waals surface area contributed by atoms with E-state index in [1.807, 2.05) is 6.92 Å². The van der Waals surface area contributed by atoms with Crippen LogP contribution in [0.3, 0.4) is 0 Å². The third-order valence-electron chi connectivity index (χ3n) is 3.13. The topological polar surface area (TPSA) is 66.4 Å². The van der Waals surface area contributed by atoms with Crippen molar-refractivity contribution in [3.63, 3.8) is 0 Å². The van der Waals surface area contributed by atoms with Gasteiger partial charge in [0.1, 0.15) is 0 Å². The predicted octanol–water partition coefficient (Wildman–Crippen LogP) is 1.98. The summed E-state index contributed by atoms with van der Waals surface area (Å²) >= 11 is 5.71. The highest BCUT2D eigenvalue weighted by molar-refractivity contribution is 7.89. The maximum atomic E-state index is 12.2. The highest BCUT2D eigenvalue weighted by atomic mass is 35.5. The van der Waals surface area contributed by atoms with Crippen LogP contribution in [-0.4, -0.2) is 32.1 Å². The molecule has 2 N–H and O–H groups in total. The number of rotatable bonds is 8. The minimum absolute atomic E-state index is 0.0287. The van der Waals surface area contributed by atoms with Crippen molar-refractivity contribution >= 4 is 21.6 Å². The van der Waals surface area contributed by atoms with Gasteiger partial charge in [0.2, 0.25) is 10.0 Å². The van der Waals surface area contributed by atoms with E-state index in [4.69, 9.17) is 11.6 Å². The highest BCUT2D eigenvalue weighted by Gasteiger charge is 2.25. The zero-order valence-corrected chi connectivity index (χ0v) is 12.5. The monoisotopic (exact) mass is 305 g/mol. The lowest BCUT2D eigenvalue weighted by Gasteiger charge is -2.24. The number of aliphatic hydroxyl groups is 1. The molecule has 6 heteroatoms. The average Bonchev–Trinajstić information content (AvgIpc) is 2.43. The number of halogens is 1. The lowest BCUT2D eigenvalue weighted by molar-refractivity contribution is 0.209.